The van der Waals surface area contributed by atoms with E-state index in [1.54, 1.807) is 0 Å². The number of benzene rings is 9. The van der Waals surface area contributed by atoms with E-state index in [9.17, 15) is 26.1 Å². The van der Waals surface area contributed by atoms with Gasteiger partial charge in [0.2, 0.25) is 0 Å². The molecular weight excluding hydrogens is 802 g/mol. The highest BCUT2D eigenvalue weighted by Crippen LogP contribution is 2.35. The van der Waals surface area contributed by atoms with E-state index in [0.717, 1.165) is 11.5 Å². The maximum atomic E-state index is 11.0. The third kappa shape index (κ3) is 9.58. The zero-order valence-corrected chi connectivity index (χ0v) is 33.6. The second kappa shape index (κ2) is 17.5. The molecule has 0 aromatic heterocycles. The maximum Gasteiger partial charge on any atom is 0.401 e. The predicted molar refractivity (Wildman–Crippen MR) is 234 cm³/mol. The molecule has 5 nitrogen and oxygen atoms in total. The van der Waals surface area contributed by atoms with Crippen molar-refractivity contribution in [1.82, 2.24) is 0 Å². The summed E-state index contributed by atoms with van der Waals surface area (Å²) in [4.78, 5) is 3.74. The van der Waals surface area contributed by atoms with Crippen molar-refractivity contribution >= 4 is 64.1 Å². The summed E-state index contributed by atoms with van der Waals surface area (Å²) in [5.74, 6) is -0.575. The fourth-order valence-corrected chi connectivity index (χ4v) is 9.81. The van der Waals surface area contributed by atoms with Crippen LogP contribution in [0.25, 0.3) is 43.1 Å². The molecule has 10 heteroatoms. The van der Waals surface area contributed by atoms with Crippen molar-refractivity contribution in [3.05, 3.63) is 199 Å². The molecule has 60 heavy (non-hydrogen) atoms. The molecule has 0 aliphatic rings. The fraction of sp³-hybridized carbons (Fsp3) is 0.0800. The highest BCUT2D eigenvalue weighted by Gasteiger charge is 2.30. The van der Waals surface area contributed by atoms with Crippen LogP contribution in [0.3, 0.4) is 0 Å². The fourth-order valence-electron chi connectivity index (χ4n) is 7.35. The lowest BCUT2D eigenvalue weighted by atomic mass is 9.97. The van der Waals surface area contributed by atoms with E-state index in [1.165, 1.54) is 68.9 Å². The van der Waals surface area contributed by atoms with Crippen LogP contribution in [0.15, 0.2) is 203 Å². The number of hydrogen-bond acceptors (Lipinski definition) is 5. The van der Waals surface area contributed by atoms with Gasteiger partial charge in [-0.2, -0.15) is 13.2 Å². The quantitative estimate of drug-likeness (QED) is 0.0779. The monoisotopic (exact) mass is 838 g/mol. The lowest BCUT2D eigenvalue weighted by Crippen LogP contribution is -2.21. The highest BCUT2D eigenvalue weighted by atomic mass is 32.2. The van der Waals surface area contributed by atoms with Crippen molar-refractivity contribution < 1.29 is 35.6 Å². The van der Waals surface area contributed by atoms with E-state index < -0.39 is 22.0 Å². The molecule has 9 rings (SSSR count). The number of ether oxygens (including phenoxy) is 2. The molecule has 300 valence electrons. The molecule has 9 aromatic rings. The van der Waals surface area contributed by atoms with E-state index >= 15 is 0 Å². The number of fused-ring (bicyclic) bond motifs is 4. The number of alkyl halides is 3. The summed E-state index contributed by atoms with van der Waals surface area (Å²) in [6.45, 7) is 1.00. The van der Waals surface area contributed by atoms with Crippen molar-refractivity contribution in [2.45, 2.75) is 34.1 Å². The first-order valence-electron chi connectivity index (χ1n) is 19.0. The summed E-state index contributed by atoms with van der Waals surface area (Å²) in [5, 5.41) is 9.86. The highest BCUT2D eigenvalue weighted by molar-refractivity contribution is 7.97. The first-order chi connectivity index (χ1) is 29.0. The average Bonchev–Trinajstić information content (AvgIpc) is 3.24. The van der Waals surface area contributed by atoms with Gasteiger partial charge in [-0.15, -0.1) is 0 Å². The molecule has 0 atom stereocenters. The zero-order chi connectivity index (χ0) is 41.7. The van der Waals surface area contributed by atoms with E-state index in [-0.39, 0.29) is 10.9 Å². The lowest BCUT2D eigenvalue weighted by Gasteiger charge is -2.14. The Balaban J connectivity index is 0.000000500. The van der Waals surface area contributed by atoms with Gasteiger partial charge >= 0.3 is 6.18 Å². The molecule has 0 N–H and O–H groups in total. The van der Waals surface area contributed by atoms with Crippen LogP contribution in [-0.4, -0.2) is 24.9 Å². The number of hydrogen-bond donors (Lipinski definition) is 0. The van der Waals surface area contributed by atoms with Crippen LogP contribution in [0.5, 0.6) is 11.5 Å². The lowest BCUT2D eigenvalue weighted by molar-refractivity contribution is -0.107. The Bertz CT molecular complexity index is 2750. The molecule has 0 aliphatic heterocycles. The van der Waals surface area contributed by atoms with E-state index in [4.69, 9.17) is 9.47 Å². The molecule has 0 unspecified atom stereocenters. The molecule has 0 radical (unpaired) electrons. The third-order valence-corrected chi connectivity index (χ3v) is 12.9. The van der Waals surface area contributed by atoms with Crippen LogP contribution >= 0.6 is 0 Å². The van der Waals surface area contributed by atoms with Crippen molar-refractivity contribution in [2.24, 2.45) is 0 Å². The van der Waals surface area contributed by atoms with Gasteiger partial charge < -0.3 is 14.0 Å². The Hall–Kier alpha value is -6.33. The van der Waals surface area contributed by atoms with Crippen LogP contribution in [-0.2, 0) is 34.2 Å². The summed E-state index contributed by atoms with van der Waals surface area (Å²) >= 11 is 0. The predicted octanol–water partition coefficient (Wildman–Crippen LogP) is 12.6. The average molecular weight is 839 g/mol. The number of halogens is 3. The van der Waals surface area contributed by atoms with Gasteiger partial charge in [0.05, 0.1) is 10.9 Å². The van der Waals surface area contributed by atoms with E-state index in [2.05, 4.69) is 188 Å². The van der Waals surface area contributed by atoms with Gasteiger partial charge in [0.1, 0.15) is 40.6 Å². The minimum absolute atomic E-state index is 0.296. The van der Waals surface area contributed by atoms with E-state index in [1.807, 2.05) is 0 Å². The molecule has 0 spiro atoms. The van der Waals surface area contributed by atoms with Crippen LogP contribution in [0.1, 0.15) is 11.1 Å². The molecule has 0 bridgehead atoms. The van der Waals surface area contributed by atoms with E-state index in [0.29, 0.717) is 13.2 Å². The molecule has 0 saturated carbocycles. The Morgan fingerprint density at radius 1 is 0.450 bits per heavy atom. The molecule has 0 saturated heterocycles. The summed E-state index contributed by atoms with van der Waals surface area (Å²) in [6, 6.07) is 66.8. The van der Waals surface area contributed by atoms with Gasteiger partial charge in [-0.05, 0) is 116 Å². The SMILES string of the molecule is O=S(=O)([O-])CC(F)(F)F.c1ccc([S+](c2ccc(OCc3c4ccccc4cc4ccccc34)cc2)c2ccc(OCc3c4ccccc4cc4ccccc34)cc2)cc1. The van der Waals surface area contributed by atoms with Gasteiger partial charge in [-0.25, -0.2) is 8.42 Å². The summed E-state index contributed by atoms with van der Waals surface area (Å²) in [5.41, 5.74) is 2.43. The Labute approximate surface area is 348 Å². The smallest absolute Gasteiger partial charge is 0.401 e. The normalized spacial score (nSPS) is 11.8. The molecule has 0 fully saturated rings. The molecule has 9 aromatic carbocycles. The minimum atomic E-state index is -5.16. The Kier molecular flexibility index (Phi) is 11.8. The van der Waals surface area contributed by atoms with Gasteiger partial charge in [-0.1, -0.05) is 115 Å². The number of rotatable bonds is 10. The van der Waals surface area contributed by atoms with Crippen molar-refractivity contribution in [3.8, 4) is 11.5 Å². The van der Waals surface area contributed by atoms with Gasteiger partial charge in [-0.3, -0.25) is 0 Å². The van der Waals surface area contributed by atoms with Crippen molar-refractivity contribution in [3.63, 3.8) is 0 Å². The van der Waals surface area contributed by atoms with Crippen LogP contribution in [0, 0.1) is 0 Å². The molecule has 0 amide bonds. The molecular formula is C50H37F3O5S2. The topological polar surface area (TPSA) is 75.7 Å². The van der Waals surface area contributed by atoms with Gasteiger partial charge in [0.15, 0.2) is 14.7 Å². The summed E-state index contributed by atoms with van der Waals surface area (Å²) in [7, 11) is -5.45. The standard InChI is InChI=1S/C48H35O2S.C2H3F3O3S/c1-2-16-40(17-3-1)51(41-26-22-38(23-27-41)49-32-47-43-18-8-4-12-34(43)30-35-13-5-9-19-44(35)47)42-28-24-39(25-29-42)50-33-48-45-20-10-6-14-36(45)31-37-15-7-11-21-46(37)48;3-2(4,5)1-9(6,7)8/h1-31H,32-33H2;1H2,(H,6,7,8)/q+1;/p-1. The second-order valence-corrected chi connectivity index (χ2v) is 17.5. The summed E-state index contributed by atoms with van der Waals surface area (Å²) in [6.07, 6.45) is -4.92. The molecule has 0 heterocycles. The van der Waals surface area contributed by atoms with Crippen LogP contribution < -0.4 is 9.47 Å². The second-order valence-electron chi connectivity index (χ2n) is 14.1. The first kappa shape index (κ1) is 40.4. The van der Waals surface area contributed by atoms with Crippen molar-refractivity contribution in [1.29, 1.82) is 0 Å². The van der Waals surface area contributed by atoms with Crippen molar-refractivity contribution in [2.75, 3.05) is 5.75 Å². The summed E-state index contributed by atoms with van der Waals surface area (Å²) < 4.78 is 74.0. The Morgan fingerprint density at radius 3 is 1.08 bits per heavy atom. The Morgan fingerprint density at radius 2 is 0.767 bits per heavy atom. The zero-order valence-electron chi connectivity index (χ0n) is 32.0. The third-order valence-electron chi connectivity index (χ3n) is 9.97. The maximum absolute atomic E-state index is 11.0. The molecule has 0 aliphatic carbocycles. The van der Waals surface area contributed by atoms with Crippen LogP contribution in [0.2, 0.25) is 0 Å². The minimum Gasteiger partial charge on any atom is -0.748 e. The van der Waals surface area contributed by atoms with Gasteiger partial charge in [0.25, 0.3) is 0 Å². The largest absolute Gasteiger partial charge is 0.748 e. The van der Waals surface area contributed by atoms with Gasteiger partial charge in [0, 0.05) is 11.1 Å². The van der Waals surface area contributed by atoms with Crippen LogP contribution in [0.4, 0.5) is 13.2 Å². The first-order valence-corrected chi connectivity index (χ1v) is 21.8.